The zero-order valence-corrected chi connectivity index (χ0v) is 11.9. The number of nitrogens with zero attached hydrogens (tertiary/aromatic N) is 1. The highest BCUT2D eigenvalue weighted by atomic mass is 79.9. The highest BCUT2D eigenvalue weighted by Gasteiger charge is 2.13. The molecule has 0 spiro atoms. The Hall–Kier alpha value is -2.19. The number of carbonyl (C=O) groups excluding carboxylic acids is 1. The molecule has 0 aliphatic carbocycles. The van der Waals surface area contributed by atoms with Gasteiger partial charge in [0.1, 0.15) is 5.82 Å². The quantitative estimate of drug-likeness (QED) is 0.926. The van der Waals surface area contributed by atoms with Crippen LogP contribution >= 0.6 is 15.9 Å². The third-order valence-corrected chi connectivity index (χ3v) is 3.50. The summed E-state index contributed by atoms with van der Waals surface area (Å²) in [5.41, 5.74) is 1.69. The fourth-order valence-corrected chi connectivity index (χ4v) is 2.12. The van der Waals surface area contributed by atoms with Crippen molar-refractivity contribution in [2.24, 2.45) is 0 Å². The average Bonchev–Trinajstić information content (AvgIpc) is 2.44. The van der Waals surface area contributed by atoms with E-state index in [1.54, 1.807) is 24.3 Å². The Kier molecular flexibility index (Phi) is 4.49. The third kappa shape index (κ3) is 3.22. The van der Waals surface area contributed by atoms with Gasteiger partial charge in [-0.2, -0.15) is 5.26 Å². The summed E-state index contributed by atoms with van der Waals surface area (Å²) in [6, 6.07) is 13.3. The molecule has 0 unspecified atom stereocenters. The van der Waals surface area contributed by atoms with Crippen molar-refractivity contribution < 1.29 is 9.18 Å². The summed E-state index contributed by atoms with van der Waals surface area (Å²) in [6.07, 6.45) is 0.323. The molecule has 2 aromatic rings. The number of halogens is 2. The standard InChI is InChI=1S/C15H10BrFN2O/c16-14-12(2-1-3-13(14)17)15(20)19-11-6-4-10(5-7-11)8-9-18/h1-7H,8H2,(H,19,20). The van der Waals surface area contributed by atoms with Crippen LogP contribution in [0.15, 0.2) is 46.9 Å². The van der Waals surface area contributed by atoms with Gasteiger partial charge < -0.3 is 5.32 Å². The van der Waals surface area contributed by atoms with Gasteiger partial charge in [0, 0.05) is 5.69 Å². The van der Waals surface area contributed by atoms with Gasteiger partial charge in [-0.25, -0.2) is 4.39 Å². The molecule has 0 aliphatic rings. The van der Waals surface area contributed by atoms with E-state index in [-0.39, 0.29) is 10.0 Å². The lowest BCUT2D eigenvalue weighted by Crippen LogP contribution is -2.13. The summed E-state index contributed by atoms with van der Waals surface area (Å²) < 4.78 is 13.5. The number of anilines is 1. The minimum absolute atomic E-state index is 0.138. The SMILES string of the molecule is N#CCc1ccc(NC(=O)c2cccc(F)c2Br)cc1. The van der Waals surface area contributed by atoms with Crippen LogP contribution in [0.5, 0.6) is 0 Å². The van der Waals surface area contributed by atoms with Crippen molar-refractivity contribution in [3.8, 4) is 6.07 Å². The lowest BCUT2D eigenvalue weighted by atomic mass is 10.1. The second-order valence-corrected chi connectivity index (χ2v) is 4.88. The zero-order valence-electron chi connectivity index (χ0n) is 10.4. The highest BCUT2D eigenvalue weighted by Crippen LogP contribution is 2.21. The number of benzene rings is 2. The molecule has 0 saturated heterocycles. The average molecular weight is 333 g/mol. The number of amides is 1. The maximum absolute atomic E-state index is 13.4. The van der Waals surface area contributed by atoms with Crippen LogP contribution in [0.2, 0.25) is 0 Å². The molecule has 1 amide bonds. The monoisotopic (exact) mass is 332 g/mol. The Morgan fingerprint density at radius 3 is 2.60 bits per heavy atom. The molecule has 0 aliphatic heterocycles. The predicted molar refractivity (Wildman–Crippen MR) is 77.8 cm³/mol. The van der Waals surface area contributed by atoms with Crippen LogP contribution in [0.1, 0.15) is 15.9 Å². The van der Waals surface area contributed by atoms with Crippen LogP contribution in [0.3, 0.4) is 0 Å². The number of rotatable bonds is 3. The van der Waals surface area contributed by atoms with Crippen molar-refractivity contribution in [2.75, 3.05) is 5.32 Å². The molecule has 0 atom stereocenters. The van der Waals surface area contributed by atoms with Gasteiger partial charge in [-0.05, 0) is 45.8 Å². The van der Waals surface area contributed by atoms with Gasteiger partial charge in [-0.3, -0.25) is 4.79 Å². The molecule has 5 heteroatoms. The molecular weight excluding hydrogens is 323 g/mol. The minimum atomic E-state index is -0.484. The van der Waals surface area contributed by atoms with Crippen molar-refractivity contribution in [1.29, 1.82) is 5.26 Å². The van der Waals surface area contributed by atoms with Crippen molar-refractivity contribution in [3.63, 3.8) is 0 Å². The topological polar surface area (TPSA) is 52.9 Å². The molecule has 1 N–H and O–H groups in total. The van der Waals surface area contributed by atoms with E-state index in [4.69, 9.17) is 5.26 Å². The highest BCUT2D eigenvalue weighted by molar-refractivity contribution is 9.10. The van der Waals surface area contributed by atoms with Gasteiger partial charge in [-0.15, -0.1) is 0 Å². The number of carbonyl (C=O) groups is 1. The first-order chi connectivity index (χ1) is 9.61. The van der Waals surface area contributed by atoms with Crippen molar-refractivity contribution in [1.82, 2.24) is 0 Å². The van der Waals surface area contributed by atoms with Crippen LogP contribution in [-0.4, -0.2) is 5.91 Å². The van der Waals surface area contributed by atoms with E-state index in [0.29, 0.717) is 12.1 Å². The molecule has 2 aromatic carbocycles. The maximum Gasteiger partial charge on any atom is 0.256 e. The summed E-state index contributed by atoms with van der Waals surface area (Å²) in [7, 11) is 0. The van der Waals surface area contributed by atoms with E-state index >= 15 is 0 Å². The van der Waals surface area contributed by atoms with Gasteiger partial charge in [0.05, 0.1) is 22.5 Å². The molecule has 0 saturated carbocycles. The molecule has 100 valence electrons. The Morgan fingerprint density at radius 2 is 1.95 bits per heavy atom. The van der Waals surface area contributed by atoms with Crippen LogP contribution in [0, 0.1) is 17.1 Å². The molecule has 0 radical (unpaired) electrons. The molecular formula is C15H10BrFN2O. The van der Waals surface area contributed by atoms with Crippen LogP contribution < -0.4 is 5.32 Å². The Morgan fingerprint density at radius 1 is 1.25 bits per heavy atom. The zero-order chi connectivity index (χ0) is 14.5. The van der Waals surface area contributed by atoms with Gasteiger partial charge in [0.15, 0.2) is 0 Å². The van der Waals surface area contributed by atoms with E-state index in [1.165, 1.54) is 18.2 Å². The molecule has 2 rings (SSSR count). The predicted octanol–water partition coefficient (Wildman–Crippen LogP) is 3.91. The lowest BCUT2D eigenvalue weighted by molar-refractivity contribution is 0.102. The van der Waals surface area contributed by atoms with Crippen molar-refractivity contribution in [3.05, 3.63) is 63.9 Å². The van der Waals surface area contributed by atoms with Crippen LogP contribution in [0.25, 0.3) is 0 Å². The Balaban J connectivity index is 2.15. The number of nitriles is 1. The minimum Gasteiger partial charge on any atom is -0.322 e. The first kappa shape index (κ1) is 14.2. The normalized spacial score (nSPS) is 9.85. The van der Waals surface area contributed by atoms with E-state index < -0.39 is 11.7 Å². The van der Waals surface area contributed by atoms with E-state index in [1.807, 2.05) is 6.07 Å². The van der Waals surface area contributed by atoms with E-state index in [0.717, 1.165) is 5.56 Å². The lowest BCUT2D eigenvalue weighted by Gasteiger charge is -2.07. The summed E-state index contributed by atoms with van der Waals surface area (Å²) >= 11 is 3.05. The first-order valence-corrected chi connectivity index (χ1v) is 6.62. The second-order valence-electron chi connectivity index (χ2n) is 4.09. The largest absolute Gasteiger partial charge is 0.322 e. The van der Waals surface area contributed by atoms with Gasteiger partial charge in [-0.1, -0.05) is 18.2 Å². The van der Waals surface area contributed by atoms with Gasteiger partial charge in [0.25, 0.3) is 5.91 Å². The number of hydrogen-bond acceptors (Lipinski definition) is 2. The summed E-state index contributed by atoms with van der Waals surface area (Å²) in [4.78, 5) is 12.0. The number of hydrogen-bond donors (Lipinski definition) is 1. The third-order valence-electron chi connectivity index (χ3n) is 2.69. The summed E-state index contributed by atoms with van der Waals surface area (Å²) in [6.45, 7) is 0. The fourth-order valence-electron chi connectivity index (χ4n) is 1.67. The summed E-state index contributed by atoms with van der Waals surface area (Å²) in [5.74, 6) is -0.883. The van der Waals surface area contributed by atoms with Crippen LogP contribution in [-0.2, 0) is 6.42 Å². The van der Waals surface area contributed by atoms with Crippen LogP contribution in [0.4, 0.5) is 10.1 Å². The first-order valence-electron chi connectivity index (χ1n) is 5.83. The molecule has 20 heavy (non-hydrogen) atoms. The molecule has 0 bridgehead atoms. The smallest absolute Gasteiger partial charge is 0.256 e. The Labute approximate surface area is 124 Å². The number of nitrogens with one attached hydrogen (secondary N) is 1. The Bertz CT molecular complexity index is 677. The fraction of sp³-hybridized carbons (Fsp3) is 0.0667. The van der Waals surface area contributed by atoms with E-state index in [9.17, 15) is 9.18 Å². The van der Waals surface area contributed by atoms with E-state index in [2.05, 4.69) is 21.2 Å². The summed E-state index contributed by atoms with van der Waals surface area (Å²) in [5, 5.41) is 11.3. The van der Waals surface area contributed by atoms with Crippen molar-refractivity contribution in [2.45, 2.75) is 6.42 Å². The van der Waals surface area contributed by atoms with Gasteiger partial charge in [0.2, 0.25) is 0 Å². The molecule has 0 heterocycles. The molecule has 0 fully saturated rings. The molecule has 3 nitrogen and oxygen atoms in total. The van der Waals surface area contributed by atoms with Crippen molar-refractivity contribution >= 4 is 27.5 Å². The maximum atomic E-state index is 13.4. The second kappa shape index (κ2) is 6.31. The van der Waals surface area contributed by atoms with Gasteiger partial charge >= 0.3 is 0 Å². The molecule has 0 aromatic heterocycles.